The van der Waals surface area contributed by atoms with Gasteiger partial charge in [0.2, 0.25) is 5.91 Å². The Labute approximate surface area is 124 Å². The molecule has 1 rings (SSSR count). The standard InChI is InChI=1S/C16H21NO4/c1-2-3-9-14(16(19)20)17-15(18)10-11-21-12-13-7-5-4-6-8-13/h2,4-8,14H,1,3,9-12H2,(H,17,18)(H,19,20). The number of carboxylic acid groups (broad SMARTS) is 1. The molecule has 21 heavy (non-hydrogen) atoms. The minimum Gasteiger partial charge on any atom is -0.480 e. The lowest BCUT2D eigenvalue weighted by Gasteiger charge is -2.13. The van der Waals surface area contributed by atoms with Crippen molar-refractivity contribution in [3.63, 3.8) is 0 Å². The third-order valence-electron chi connectivity index (χ3n) is 2.88. The smallest absolute Gasteiger partial charge is 0.326 e. The molecule has 0 spiro atoms. The van der Waals surface area contributed by atoms with Crippen LogP contribution in [0.15, 0.2) is 43.0 Å². The van der Waals surface area contributed by atoms with Crippen LogP contribution in [0.5, 0.6) is 0 Å². The van der Waals surface area contributed by atoms with E-state index >= 15 is 0 Å². The highest BCUT2D eigenvalue weighted by Crippen LogP contribution is 2.02. The normalized spacial score (nSPS) is 11.6. The van der Waals surface area contributed by atoms with Gasteiger partial charge in [-0.25, -0.2) is 4.79 Å². The van der Waals surface area contributed by atoms with Crippen molar-refractivity contribution in [3.05, 3.63) is 48.6 Å². The van der Waals surface area contributed by atoms with Gasteiger partial charge < -0.3 is 15.2 Å². The second-order valence-corrected chi connectivity index (χ2v) is 4.61. The van der Waals surface area contributed by atoms with Gasteiger partial charge >= 0.3 is 5.97 Å². The quantitative estimate of drug-likeness (QED) is 0.511. The van der Waals surface area contributed by atoms with E-state index in [-0.39, 0.29) is 18.9 Å². The van der Waals surface area contributed by atoms with E-state index in [0.29, 0.717) is 19.4 Å². The Hall–Kier alpha value is -2.14. The molecule has 1 aromatic rings. The summed E-state index contributed by atoms with van der Waals surface area (Å²) in [5.41, 5.74) is 1.03. The second kappa shape index (κ2) is 9.72. The molecular weight excluding hydrogens is 270 g/mol. The minimum absolute atomic E-state index is 0.144. The van der Waals surface area contributed by atoms with E-state index in [0.717, 1.165) is 5.56 Å². The van der Waals surface area contributed by atoms with Gasteiger partial charge in [-0.2, -0.15) is 0 Å². The summed E-state index contributed by atoms with van der Waals surface area (Å²) in [4.78, 5) is 22.6. The molecule has 114 valence electrons. The van der Waals surface area contributed by atoms with Gasteiger partial charge in [-0.3, -0.25) is 4.79 Å². The van der Waals surface area contributed by atoms with Crippen LogP contribution in [0.25, 0.3) is 0 Å². The number of hydrogen-bond acceptors (Lipinski definition) is 3. The molecule has 1 unspecified atom stereocenters. The average Bonchev–Trinajstić information content (AvgIpc) is 2.48. The SMILES string of the molecule is C=CCCC(NC(=O)CCOCc1ccccc1)C(=O)O. The Morgan fingerprint density at radius 2 is 2.05 bits per heavy atom. The number of hydrogen-bond donors (Lipinski definition) is 2. The maximum absolute atomic E-state index is 11.7. The van der Waals surface area contributed by atoms with Gasteiger partial charge in [0, 0.05) is 6.42 Å². The van der Waals surface area contributed by atoms with Gasteiger partial charge in [0.1, 0.15) is 6.04 Å². The summed E-state index contributed by atoms with van der Waals surface area (Å²) in [5, 5.41) is 11.5. The van der Waals surface area contributed by atoms with Gasteiger partial charge in [0.15, 0.2) is 0 Å². The van der Waals surface area contributed by atoms with Crippen LogP contribution in [0.2, 0.25) is 0 Å². The third-order valence-corrected chi connectivity index (χ3v) is 2.88. The Balaban J connectivity index is 2.23. The van der Waals surface area contributed by atoms with E-state index in [9.17, 15) is 9.59 Å². The number of ether oxygens (including phenoxy) is 1. The lowest BCUT2D eigenvalue weighted by atomic mass is 10.1. The van der Waals surface area contributed by atoms with Crippen LogP contribution >= 0.6 is 0 Å². The summed E-state index contributed by atoms with van der Waals surface area (Å²) >= 11 is 0. The lowest BCUT2D eigenvalue weighted by Crippen LogP contribution is -2.41. The van der Waals surface area contributed by atoms with E-state index in [1.54, 1.807) is 6.08 Å². The van der Waals surface area contributed by atoms with Gasteiger partial charge in [-0.1, -0.05) is 36.4 Å². The molecule has 0 aromatic heterocycles. The fourth-order valence-electron chi connectivity index (χ4n) is 1.74. The second-order valence-electron chi connectivity index (χ2n) is 4.61. The van der Waals surface area contributed by atoms with Crippen LogP contribution in [-0.2, 0) is 20.9 Å². The summed E-state index contributed by atoms with van der Waals surface area (Å²) in [7, 11) is 0. The monoisotopic (exact) mass is 291 g/mol. The minimum atomic E-state index is -1.03. The summed E-state index contributed by atoms with van der Waals surface area (Å²) in [5.74, 6) is -1.35. The molecular formula is C16H21NO4. The Morgan fingerprint density at radius 1 is 1.33 bits per heavy atom. The molecule has 2 N–H and O–H groups in total. The van der Waals surface area contributed by atoms with Crippen molar-refractivity contribution in [2.45, 2.75) is 31.9 Å². The number of carboxylic acids is 1. The molecule has 1 atom stereocenters. The van der Waals surface area contributed by atoms with Crippen molar-refractivity contribution >= 4 is 11.9 Å². The average molecular weight is 291 g/mol. The Kier molecular flexibility index (Phi) is 7.82. The van der Waals surface area contributed by atoms with E-state index in [4.69, 9.17) is 9.84 Å². The first-order valence-electron chi connectivity index (χ1n) is 6.88. The predicted octanol–water partition coefficient (Wildman–Crippen LogP) is 2.13. The molecule has 0 fully saturated rings. The number of amides is 1. The molecule has 0 saturated heterocycles. The summed E-state index contributed by atoms with van der Waals surface area (Å²) in [6.07, 6.45) is 2.66. The van der Waals surface area contributed by atoms with E-state index < -0.39 is 12.0 Å². The van der Waals surface area contributed by atoms with Gasteiger partial charge in [-0.05, 0) is 18.4 Å². The highest BCUT2D eigenvalue weighted by molar-refractivity contribution is 5.83. The molecule has 0 saturated carbocycles. The summed E-state index contributed by atoms with van der Waals surface area (Å²) < 4.78 is 5.39. The zero-order valence-electron chi connectivity index (χ0n) is 12.0. The van der Waals surface area contributed by atoms with Crippen molar-refractivity contribution in [1.29, 1.82) is 0 Å². The maximum atomic E-state index is 11.7. The fourth-order valence-corrected chi connectivity index (χ4v) is 1.74. The molecule has 5 heteroatoms. The number of benzene rings is 1. The zero-order chi connectivity index (χ0) is 15.5. The van der Waals surface area contributed by atoms with Crippen molar-refractivity contribution in [2.24, 2.45) is 0 Å². The summed E-state index contributed by atoms with van der Waals surface area (Å²) in [6.45, 7) is 4.23. The first kappa shape index (κ1) is 16.9. The Bertz CT molecular complexity index is 459. The lowest BCUT2D eigenvalue weighted by molar-refractivity contribution is -0.142. The third kappa shape index (κ3) is 7.27. The first-order chi connectivity index (χ1) is 10.1. The van der Waals surface area contributed by atoms with Gasteiger partial charge in [0.05, 0.1) is 13.2 Å². The van der Waals surface area contributed by atoms with Crippen LogP contribution in [-0.4, -0.2) is 29.6 Å². The van der Waals surface area contributed by atoms with E-state index in [1.807, 2.05) is 30.3 Å². The van der Waals surface area contributed by atoms with Gasteiger partial charge in [0.25, 0.3) is 0 Å². The van der Waals surface area contributed by atoms with Crippen molar-refractivity contribution in [3.8, 4) is 0 Å². The van der Waals surface area contributed by atoms with Crippen LogP contribution in [0.1, 0.15) is 24.8 Å². The number of nitrogens with one attached hydrogen (secondary N) is 1. The van der Waals surface area contributed by atoms with E-state index in [2.05, 4.69) is 11.9 Å². The van der Waals surface area contributed by atoms with E-state index in [1.165, 1.54) is 0 Å². The van der Waals surface area contributed by atoms with Crippen molar-refractivity contribution in [2.75, 3.05) is 6.61 Å². The molecule has 0 aliphatic carbocycles. The number of carbonyl (C=O) groups excluding carboxylic acids is 1. The fraction of sp³-hybridized carbons (Fsp3) is 0.375. The van der Waals surface area contributed by atoms with Crippen LogP contribution in [0.3, 0.4) is 0 Å². The van der Waals surface area contributed by atoms with Gasteiger partial charge in [-0.15, -0.1) is 6.58 Å². The zero-order valence-corrected chi connectivity index (χ0v) is 12.0. The molecule has 0 aliphatic heterocycles. The molecule has 1 aromatic carbocycles. The molecule has 0 aliphatic rings. The molecule has 5 nitrogen and oxygen atoms in total. The first-order valence-corrected chi connectivity index (χ1v) is 6.88. The molecule has 0 heterocycles. The Morgan fingerprint density at radius 3 is 2.67 bits per heavy atom. The van der Waals surface area contributed by atoms with Crippen LogP contribution < -0.4 is 5.32 Å². The topological polar surface area (TPSA) is 75.6 Å². The number of carbonyl (C=O) groups is 2. The number of rotatable bonds is 10. The molecule has 0 radical (unpaired) electrons. The van der Waals surface area contributed by atoms with Crippen LogP contribution in [0, 0.1) is 0 Å². The highest BCUT2D eigenvalue weighted by atomic mass is 16.5. The number of allylic oxidation sites excluding steroid dienone is 1. The largest absolute Gasteiger partial charge is 0.480 e. The van der Waals surface area contributed by atoms with Crippen molar-refractivity contribution in [1.82, 2.24) is 5.32 Å². The van der Waals surface area contributed by atoms with Crippen LogP contribution in [0.4, 0.5) is 0 Å². The maximum Gasteiger partial charge on any atom is 0.326 e. The predicted molar refractivity (Wildman–Crippen MR) is 79.7 cm³/mol. The highest BCUT2D eigenvalue weighted by Gasteiger charge is 2.18. The summed E-state index contributed by atoms with van der Waals surface area (Å²) in [6, 6.07) is 8.77. The molecule has 0 bridgehead atoms. The molecule has 1 amide bonds. The van der Waals surface area contributed by atoms with Crippen molar-refractivity contribution < 1.29 is 19.4 Å². The number of aliphatic carboxylic acids is 1.